The summed E-state index contributed by atoms with van der Waals surface area (Å²) in [6.45, 7) is 0.980. The maximum absolute atomic E-state index is 12.3. The zero-order chi connectivity index (χ0) is 15.4. The molecule has 0 aromatic carbocycles. The Hall–Kier alpha value is -2.27. The predicted molar refractivity (Wildman–Crippen MR) is 82.0 cm³/mol. The van der Waals surface area contributed by atoms with E-state index in [0.717, 1.165) is 11.3 Å². The molecule has 1 fully saturated rings. The molecule has 114 valence electrons. The number of aliphatic hydroxyl groups excluding tert-OH is 1. The zero-order valence-corrected chi connectivity index (χ0v) is 12.3. The van der Waals surface area contributed by atoms with Gasteiger partial charge in [-0.15, -0.1) is 0 Å². The largest absolute Gasteiger partial charge is 0.391 e. The first-order valence-corrected chi connectivity index (χ1v) is 7.47. The van der Waals surface area contributed by atoms with E-state index in [4.69, 9.17) is 0 Å². The van der Waals surface area contributed by atoms with Gasteiger partial charge in [-0.05, 0) is 30.2 Å². The normalized spacial score (nSPS) is 21.0. The van der Waals surface area contributed by atoms with Gasteiger partial charge in [0.25, 0.3) is 0 Å². The number of likely N-dealkylation sites (tertiary alicyclic amines) is 1. The lowest BCUT2D eigenvalue weighted by molar-refractivity contribution is -0.129. The lowest BCUT2D eigenvalue weighted by atomic mass is 10.00. The SMILES string of the molecule is O=C(Cc1cccnc1)N1C[C@@H](Cc2ccccn2)[C@H](O)C1. The third-order valence-corrected chi connectivity index (χ3v) is 4.03. The highest BCUT2D eigenvalue weighted by molar-refractivity contribution is 5.79. The highest BCUT2D eigenvalue weighted by Gasteiger charge is 2.34. The molecule has 2 atom stereocenters. The third kappa shape index (κ3) is 3.49. The number of aromatic nitrogens is 2. The number of rotatable bonds is 4. The number of nitrogens with zero attached hydrogens (tertiary/aromatic N) is 3. The van der Waals surface area contributed by atoms with E-state index in [2.05, 4.69) is 9.97 Å². The molecule has 5 heteroatoms. The van der Waals surface area contributed by atoms with Gasteiger partial charge in [-0.1, -0.05) is 12.1 Å². The zero-order valence-electron chi connectivity index (χ0n) is 12.3. The van der Waals surface area contributed by atoms with Crippen molar-refractivity contribution in [2.75, 3.05) is 13.1 Å². The summed E-state index contributed by atoms with van der Waals surface area (Å²) < 4.78 is 0. The smallest absolute Gasteiger partial charge is 0.227 e. The van der Waals surface area contributed by atoms with Gasteiger partial charge in [-0.2, -0.15) is 0 Å². The van der Waals surface area contributed by atoms with Crippen molar-refractivity contribution in [1.82, 2.24) is 14.9 Å². The second kappa shape index (κ2) is 6.66. The lowest BCUT2D eigenvalue weighted by Crippen LogP contribution is -2.31. The van der Waals surface area contributed by atoms with E-state index in [9.17, 15) is 9.90 Å². The van der Waals surface area contributed by atoms with Gasteiger partial charge in [-0.3, -0.25) is 14.8 Å². The second-order valence-corrected chi connectivity index (χ2v) is 5.69. The van der Waals surface area contributed by atoms with Crippen LogP contribution in [-0.4, -0.2) is 45.1 Å². The Morgan fingerprint density at radius 1 is 1.23 bits per heavy atom. The van der Waals surface area contributed by atoms with Crippen molar-refractivity contribution in [1.29, 1.82) is 0 Å². The van der Waals surface area contributed by atoms with Crippen LogP contribution in [0.25, 0.3) is 0 Å². The fraction of sp³-hybridized carbons (Fsp3) is 0.353. The Morgan fingerprint density at radius 2 is 2.14 bits per heavy atom. The fourth-order valence-electron chi connectivity index (χ4n) is 2.83. The van der Waals surface area contributed by atoms with Crippen LogP contribution in [0.3, 0.4) is 0 Å². The van der Waals surface area contributed by atoms with Gasteiger partial charge in [0.05, 0.1) is 12.5 Å². The molecule has 5 nitrogen and oxygen atoms in total. The fourth-order valence-corrected chi connectivity index (χ4v) is 2.83. The van der Waals surface area contributed by atoms with E-state index in [1.807, 2.05) is 30.3 Å². The van der Waals surface area contributed by atoms with Crippen molar-refractivity contribution in [2.45, 2.75) is 18.9 Å². The van der Waals surface area contributed by atoms with Crippen LogP contribution in [0.1, 0.15) is 11.3 Å². The van der Waals surface area contributed by atoms with Crippen LogP contribution >= 0.6 is 0 Å². The molecule has 1 saturated heterocycles. The first kappa shape index (κ1) is 14.7. The van der Waals surface area contributed by atoms with Gasteiger partial charge in [0.2, 0.25) is 5.91 Å². The molecule has 1 N–H and O–H groups in total. The minimum atomic E-state index is -0.486. The molecule has 2 aromatic heterocycles. The number of carbonyl (C=O) groups excluding carboxylic acids is 1. The first-order chi connectivity index (χ1) is 10.7. The molecule has 0 unspecified atom stereocenters. The number of aliphatic hydroxyl groups is 1. The van der Waals surface area contributed by atoms with Crippen LogP contribution < -0.4 is 0 Å². The predicted octanol–water partition coefficient (Wildman–Crippen LogP) is 1.08. The Balaban J connectivity index is 1.59. The minimum Gasteiger partial charge on any atom is -0.391 e. The average Bonchev–Trinajstić information content (AvgIpc) is 2.90. The number of carbonyl (C=O) groups is 1. The van der Waals surface area contributed by atoms with Gasteiger partial charge < -0.3 is 10.0 Å². The van der Waals surface area contributed by atoms with Crippen LogP contribution in [0.2, 0.25) is 0 Å². The van der Waals surface area contributed by atoms with Crippen LogP contribution in [0.4, 0.5) is 0 Å². The molecule has 0 aliphatic carbocycles. The maximum Gasteiger partial charge on any atom is 0.227 e. The van der Waals surface area contributed by atoms with Crippen LogP contribution in [0, 0.1) is 5.92 Å². The van der Waals surface area contributed by atoms with Gasteiger partial charge in [0, 0.05) is 43.3 Å². The standard InChI is InChI=1S/C17H19N3O2/c21-16-12-20(17(22)8-13-4-3-6-18-10-13)11-14(16)9-15-5-1-2-7-19-15/h1-7,10,14,16,21H,8-9,11-12H2/t14-,16-/m1/s1. The Bertz CT molecular complexity index is 618. The van der Waals surface area contributed by atoms with Gasteiger partial charge in [0.15, 0.2) is 0 Å². The van der Waals surface area contributed by atoms with E-state index in [-0.39, 0.29) is 11.8 Å². The number of pyridine rings is 2. The molecule has 22 heavy (non-hydrogen) atoms. The van der Waals surface area contributed by atoms with Crippen molar-refractivity contribution < 1.29 is 9.90 Å². The Kier molecular flexibility index (Phi) is 4.44. The molecular weight excluding hydrogens is 278 g/mol. The van der Waals surface area contributed by atoms with E-state index in [0.29, 0.717) is 25.9 Å². The van der Waals surface area contributed by atoms with E-state index < -0.39 is 6.10 Å². The lowest BCUT2D eigenvalue weighted by Gasteiger charge is -2.16. The van der Waals surface area contributed by atoms with Crippen molar-refractivity contribution in [3.63, 3.8) is 0 Å². The van der Waals surface area contributed by atoms with Crippen molar-refractivity contribution in [3.8, 4) is 0 Å². The summed E-state index contributed by atoms with van der Waals surface area (Å²) in [7, 11) is 0. The van der Waals surface area contributed by atoms with Crippen molar-refractivity contribution in [2.24, 2.45) is 5.92 Å². The van der Waals surface area contributed by atoms with Gasteiger partial charge >= 0.3 is 0 Å². The second-order valence-electron chi connectivity index (χ2n) is 5.69. The molecule has 2 aromatic rings. The third-order valence-electron chi connectivity index (χ3n) is 4.03. The molecule has 0 spiro atoms. The average molecular weight is 297 g/mol. The first-order valence-electron chi connectivity index (χ1n) is 7.47. The summed E-state index contributed by atoms with van der Waals surface area (Å²) in [5.74, 6) is 0.0864. The summed E-state index contributed by atoms with van der Waals surface area (Å²) in [5, 5.41) is 10.2. The number of hydrogen-bond acceptors (Lipinski definition) is 4. The van der Waals surface area contributed by atoms with Crippen LogP contribution in [0.5, 0.6) is 0 Å². The summed E-state index contributed by atoms with van der Waals surface area (Å²) >= 11 is 0. The van der Waals surface area contributed by atoms with E-state index in [1.54, 1.807) is 23.5 Å². The van der Waals surface area contributed by atoms with E-state index in [1.165, 1.54) is 0 Å². The molecule has 1 aliphatic rings. The monoisotopic (exact) mass is 297 g/mol. The molecule has 3 rings (SSSR count). The van der Waals surface area contributed by atoms with Crippen molar-refractivity contribution in [3.05, 3.63) is 60.2 Å². The molecule has 1 aliphatic heterocycles. The molecule has 3 heterocycles. The van der Waals surface area contributed by atoms with E-state index >= 15 is 0 Å². The number of amides is 1. The molecule has 0 radical (unpaired) electrons. The summed E-state index contributed by atoms with van der Waals surface area (Å²) in [6, 6.07) is 9.48. The Morgan fingerprint density at radius 3 is 2.86 bits per heavy atom. The quantitative estimate of drug-likeness (QED) is 0.917. The van der Waals surface area contributed by atoms with Crippen LogP contribution in [0.15, 0.2) is 48.9 Å². The molecule has 1 amide bonds. The highest BCUT2D eigenvalue weighted by atomic mass is 16.3. The number of β-amino-alcohol motifs (C(OH)–C–C–N with tert-alkyl or cyclic N) is 1. The summed E-state index contributed by atoms with van der Waals surface area (Å²) in [4.78, 5) is 22.4. The highest BCUT2D eigenvalue weighted by Crippen LogP contribution is 2.21. The Labute approximate surface area is 129 Å². The summed E-state index contributed by atoms with van der Waals surface area (Å²) in [6.07, 6.45) is 5.68. The molecule has 0 saturated carbocycles. The topological polar surface area (TPSA) is 66.3 Å². The van der Waals surface area contributed by atoms with Gasteiger partial charge in [-0.25, -0.2) is 0 Å². The molecular formula is C17H19N3O2. The van der Waals surface area contributed by atoms with Crippen molar-refractivity contribution >= 4 is 5.91 Å². The van der Waals surface area contributed by atoms with Crippen LogP contribution in [-0.2, 0) is 17.6 Å². The minimum absolute atomic E-state index is 0.0376. The maximum atomic E-state index is 12.3. The number of hydrogen-bond donors (Lipinski definition) is 1. The summed E-state index contributed by atoms with van der Waals surface area (Å²) in [5.41, 5.74) is 1.85. The van der Waals surface area contributed by atoms with Gasteiger partial charge in [0.1, 0.15) is 0 Å². The molecule has 0 bridgehead atoms.